The van der Waals surface area contributed by atoms with Crippen LogP contribution in [0.25, 0.3) is 0 Å². The Balaban J connectivity index is 3.67. The largest absolute Gasteiger partial charge is 0.300 e. The van der Waals surface area contributed by atoms with Crippen LogP contribution in [0.2, 0.25) is 0 Å². The molecule has 0 aliphatic rings. The van der Waals surface area contributed by atoms with Gasteiger partial charge < -0.3 is 0 Å². The van der Waals surface area contributed by atoms with Gasteiger partial charge in [-0.25, -0.2) is 0 Å². The predicted octanol–water partition coefficient (Wildman–Crippen LogP) is 3.54. The number of carbonyl (C=O) groups excluding carboxylic acids is 1. The summed E-state index contributed by atoms with van der Waals surface area (Å²) in [6.45, 7) is 6.31. The van der Waals surface area contributed by atoms with Crippen molar-refractivity contribution >= 4 is 27.4 Å². The van der Waals surface area contributed by atoms with Crippen LogP contribution in [-0.4, -0.2) is 16.8 Å². The highest BCUT2D eigenvalue weighted by Gasteiger charge is 2.18. The van der Waals surface area contributed by atoms with E-state index >= 15 is 0 Å². The number of hydrogen-bond donors (Lipinski definition) is 0. The average molecular weight is 206 g/mol. The Labute approximate surface area is 83.5 Å². The lowest BCUT2D eigenvalue weighted by molar-refractivity contribution is -0.118. The summed E-state index contributed by atoms with van der Waals surface area (Å²) in [5.41, 5.74) is 0. The van der Waals surface area contributed by atoms with Gasteiger partial charge in [-0.3, -0.25) is 4.79 Å². The Morgan fingerprint density at radius 2 is 2.00 bits per heavy atom. The van der Waals surface area contributed by atoms with Gasteiger partial charge in [0.1, 0.15) is 5.78 Å². The Hall–Kier alpha value is 0.370. The van der Waals surface area contributed by atoms with Crippen molar-refractivity contribution in [2.75, 3.05) is 6.26 Å². The highest BCUT2D eigenvalue weighted by molar-refractivity contribution is 8.76. The predicted molar refractivity (Wildman–Crippen MR) is 59.7 cm³/mol. The van der Waals surface area contributed by atoms with Crippen LogP contribution >= 0.6 is 21.6 Å². The topological polar surface area (TPSA) is 17.1 Å². The fourth-order valence-electron chi connectivity index (χ4n) is 0.884. The first-order valence-electron chi connectivity index (χ1n) is 4.25. The average Bonchev–Trinajstić information content (AvgIpc) is 2.00. The summed E-state index contributed by atoms with van der Waals surface area (Å²) in [5.74, 6) is 0.379. The molecule has 0 fully saturated rings. The molecule has 0 heterocycles. The van der Waals surface area contributed by atoms with Crippen molar-refractivity contribution in [1.29, 1.82) is 0 Å². The molecule has 0 aromatic carbocycles. The minimum Gasteiger partial charge on any atom is -0.300 e. The zero-order valence-electron chi connectivity index (χ0n) is 8.35. The molecule has 72 valence electrons. The zero-order valence-corrected chi connectivity index (χ0v) is 9.98. The van der Waals surface area contributed by atoms with Gasteiger partial charge in [0.25, 0.3) is 0 Å². The highest BCUT2D eigenvalue weighted by atomic mass is 33.1. The number of carbonyl (C=O) groups is 1. The third kappa shape index (κ3) is 5.95. The molecule has 0 amide bonds. The first kappa shape index (κ1) is 12.4. The minimum atomic E-state index is 0.240. The van der Waals surface area contributed by atoms with E-state index in [4.69, 9.17) is 0 Å². The molecule has 0 N–H and O–H groups in total. The molecule has 0 radical (unpaired) electrons. The number of ketones is 1. The molecular formula is C9H18OS2. The van der Waals surface area contributed by atoms with Gasteiger partial charge in [0.2, 0.25) is 0 Å². The Morgan fingerprint density at radius 3 is 2.42 bits per heavy atom. The van der Waals surface area contributed by atoms with E-state index in [2.05, 4.69) is 20.1 Å². The normalized spacial score (nSPS) is 11.7. The zero-order chi connectivity index (χ0) is 9.61. The maximum atomic E-state index is 11.0. The molecule has 0 aliphatic heterocycles. The van der Waals surface area contributed by atoms with E-state index in [9.17, 15) is 4.79 Å². The second kappa shape index (κ2) is 5.92. The summed E-state index contributed by atoms with van der Waals surface area (Å²) in [6, 6.07) is 0. The lowest BCUT2D eigenvalue weighted by atomic mass is 10.0. The first-order chi connectivity index (χ1) is 5.52. The minimum absolute atomic E-state index is 0.240. The van der Waals surface area contributed by atoms with Crippen LogP contribution in [0.3, 0.4) is 0 Å². The fraction of sp³-hybridized carbons (Fsp3) is 0.889. The molecule has 0 rings (SSSR count). The van der Waals surface area contributed by atoms with Crippen molar-refractivity contribution in [1.82, 2.24) is 0 Å². The van der Waals surface area contributed by atoms with Crippen LogP contribution in [0.1, 0.15) is 40.0 Å². The van der Waals surface area contributed by atoms with E-state index in [1.807, 2.05) is 17.7 Å². The van der Waals surface area contributed by atoms with E-state index in [1.54, 1.807) is 10.8 Å². The van der Waals surface area contributed by atoms with E-state index in [1.165, 1.54) is 0 Å². The third-order valence-corrected chi connectivity index (χ3v) is 4.38. The van der Waals surface area contributed by atoms with Crippen molar-refractivity contribution < 1.29 is 4.79 Å². The Morgan fingerprint density at radius 1 is 1.42 bits per heavy atom. The Bertz CT molecular complexity index is 143. The number of rotatable bonds is 6. The molecule has 12 heavy (non-hydrogen) atoms. The summed E-state index contributed by atoms with van der Waals surface area (Å²) in [6.07, 6.45) is 4.48. The molecular weight excluding hydrogens is 188 g/mol. The summed E-state index contributed by atoms with van der Waals surface area (Å²) in [4.78, 5) is 11.0. The number of hydrogen-bond acceptors (Lipinski definition) is 3. The van der Waals surface area contributed by atoms with Crippen LogP contribution in [-0.2, 0) is 4.79 Å². The molecule has 3 heteroatoms. The van der Waals surface area contributed by atoms with Crippen LogP contribution in [0.5, 0.6) is 0 Å². The molecule has 0 atom stereocenters. The van der Waals surface area contributed by atoms with Crippen LogP contribution in [0.15, 0.2) is 0 Å². The fourth-order valence-corrected chi connectivity index (χ4v) is 3.12. The van der Waals surface area contributed by atoms with E-state index in [0.717, 1.165) is 12.8 Å². The maximum absolute atomic E-state index is 11.0. The van der Waals surface area contributed by atoms with Crippen LogP contribution in [0, 0.1) is 0 Å². The molecule has 1 nitrogen and oxygen atoms in total. The van der Waals surface area contributed by atoms with Crippen molar-refractivity contribution in [3.63, 3.8) is 0 Å². The summed E-state index contributed by atoms with van der Waals surface area (Å²) < 4.78 is 0.240. The summed E-state index contributed by atoms with van der Waals surface area (Å²) in [7, 11) is 3.62. The summed E-state index contributed by atoms with van der Waals surface area (Å²) in [5, 5.41) is 0. The van der Waals surface area contributed by atoms with Crippen molar-refractivity contribution in [3.05, 3.63) is 0 Å². The van der Waals surface area contributed by atoms with Gasteiger partial charge in [0.05, 0.1) is 0 Å². The van der Waals surface area contributed by atoms with Crippen molar-refractivity contribution in [2.45, 2.75) is 44.8 Å². The second-order valence-electron chi connectivity index (χ2n) is 3.40. The van der Waals surface area contributed by atoms with E-state index < -0.39 is 0 Å². The van der Waals surface area contributed by atoms with Gasteiger partial charge in [-0.05, 0) is 26.5 Å². The number of Topliss-reactive ketones (excluding diaryl/α,β-unsaturated/α-hetero) is 1. The second-order valence-corrected chi connectivity index (χ2v) is 6.51. The van der Waals surface area contributed by atoms with Gasteiger partial charge in [-0.1, -0.05) is 28.5 Å². The maximum Gasteiger partial charge on any atom is 0.132 e. The van der Waals surface area contributed by atoms with Gasteiger partial charge in [0, 0.05) is 17.6 Å². The van der Waals surface area contributed by atoms with E-state index in [0.29, 0.717) is 12.2 Å². The van der Waals surface area contributed by atoms with Gasteiger partial charge in [-0.15, -0.1) is 0 Å². The van der Waals surface area contributed by atoms with Gasteiger partial charge in [0.15, 0.2) is 0 Å². The smallest absolute Gasteiger partial charge is 0.132 e. The lowest BCUT2D eigenvalue weighted by Crippen LogP contribution is -2.14. The van der Waals surface area contributed by atoms with Crippen LogP contribution in [0.4, 0.5) is 0 Å². The first-order valence-corrected chi connectivity index (χ1v) is 6.81. The molecule has 0 bridgehead atoms. The third-order valence-electron chi connectivity index (χ3n) is 1.71. The molecule has 0 saturated carbocycles. The van der Waals surface area contributed by atoms with Gasteiger partial charge >= 0.3 is 0 Å². The standard InChI is InChI=1S/C9H18OS2/c1-5-8(10)6-7-9(2,3)12-11-4/h5-7H2,1-4H3. The lowest BCUT2D eigenvalue weighted by Gasteiger charge is -2.21. The SMILES string of the molecule is CCC(=O)CCC(C)(C)SSC. The Kier molecular flexibility index (Phi) is 6.10. The molecule has 0 saturated heterocycles. The van der Waals surface area contributed by atoms with Crippen molar-refractivity contribution in [2.24, 2.45) is 0 Å². The monoisotopic (exact) mass is 206 g/mol. The molecule has 0 aliphatic carbocycles. The van der Waals surface area contributed by atoms with Crippen LogP contribution < -0.4 is 0 Å². The van der Waals surface area contributed by atoms with E-state index in [-0.39, 0.29) is 4.75 Å². The summed E-state index contributed by atoms with van der Waals surface area (Å²) >= 11 is 0. The molecule has 0 spiro atoms. The van der Waals surface area contributed by atoms with Crippen molar-refractivity contribution in [3.8, 4) is 0 Å². The molecule has 0 aromatic heterocycles. The highest BCUT2D eigenvalue weighted by Crippen LogP contribution is 2.37. The molecule has 0 unspecified atom stereocenters. The molecule has 0 aromatic rings. The quantitative estimate of drug-likeness (QED) is 0.619. The van der Waals surface area contributed by atoms with Gasteiger partial charge in [-0.2, -0.15) is 0 Å².